The van der Waals surface area contributed by atoms with Crippen LogP contribution >= 0.6 is 0 Å². The predicted octanol–water partition coefficient (Wildman–Crippen LogP) is 0.734. The molecule has 1 aromatic rings. The minimum Gasteiger partial charge on any atom is -0.307 e. The van der Waals surface area contributed by atoms with Crippen molar-refractivity contribution in [2.75, 3.05) is 12.8 Å². The summed E-state index contributed by atoms with van der Waals surface area (Å²) >= 11 is 0. The van der Waals surface area contributed by atoms with Crippen molar-refractivity contribution in [2.24, 2.45) is 0 Å². The molecule has 1 heterocycles. The van der Waals surface area contributed by atoms with Crippen molar-refractivity contribution in [2.45, 2.75) is 10.9 Å². The van der Waals surface area contributed by atoms with E-state index in [9.17, 15) is 8.42 Å². The van der Waals surface area contributed by atoms with E-state index in [4.69, 9.17) is 0 Å². The van der Waals surface area contributed by atoms with Crippen molar-refractivity contribution in [3.8, 4) is 0 Å². The number of rotatable bonds is 2. The lowest BCUT2D eigenvalue weighted by Gasteiger charge is -1.99. The molecular formula is C9H11NO2S. The van der Waals surface area contributed by atoms with Gasteiger partial charge in [0.25, 0.3) is 0 Å². The highest BCUT2D eigenvalue weighted by atomic mass is 32.2. The summed E-state index contributed by atoms with van der Waals surface area (Å²) in [6.07, 6.45) is 1.22. The Morgan fingerprint density at radius 2 is 1.85 bits per heavy atom. The van der Waals surface area contributed by atoms with Gasteiger partial charge in [-0.15, -0.1) is 0 Å². The molecule has 0 radical (unpaired) electrons. The first-order chi connectivity index (χ1) is 6.07. The molecule has 1 unspecified atom stereocenters. The van der Waals surface area contributed by atoms with Crippen molar-refractivity contribution in [3.05, 3.63) is 29.8 Å². The number of sulfone groups is 1. The molecule has 0 amide bonds. The molecule has 2 rings (SSSR count). The van der Waals surface area contributed by atoms with Gasteiger partial charge in [-0.1, -0.05) is 12.1 Å². The topological polar surface area (TPSA) is 56.1 Å². The Balaban J connectivity index is 2.33. The molecule has 1 saturated heterocycles. The smallest absolute Gasteiger partial charge is 0.175 e. The minimum absolute atomic E-state index is 0.386. The summed E-state index contributed by atoms with van der Waals surface area (Å²) in [7, 11) is -3.05. The van der Waals surface area contributed by atoms with Gasteiger partial charge in [-0.05, 0) is 17.7 Å². The third-order valence-corrected chi connectivity index (χ3v) is 3.25. The van der Waals surface area contributed by atoms with Gasteiger partial charge in [-0.3, -0.25) is 0 Å². The quantitative estimate of drug-likeness (QED) is 0.711. The van der Waals surface area contributed by atoms with Crippen LogP contribution in [-0.4, -0.2) is 21.2 Å². The van der Waals surface area contributed by atoms with Gasteiger partial charge < -0.3 is 5.32 Å². The molecule has 70 valence electrons. The molecule has 0 spiro atoms. The Labute approximate surface area is 77.7 Å². The lowest BCUT2D eigenvalue weighted by atomic mass is 10.2. The van der Waals surface area contributed by atoms with Crippen molar-refractivity contribution >= 4 is 9.84 Å². The summed E-state index contributed by atoms with van der Waals surface area (Å²) in [6, 6.07) is 7.48. The Morgan fingerprint density at radius 3 is 2.23 bits per heavy atom. The molecule has 0 aromatic heterocycles. The summed E-state index contributed by atoms with van der Waals surface area (Å²) in [5.74, 6) is 0. The molecule has 1 N–H and O–H groups in total. The third kappa shape index (κ3) is 1.89. The zero-order chi connectivity index (χ0) is 9.47. The summed E-state index contributed by atoms with van der Waals surface area (Å²) in [4.78, 5) is 0.386. The first kappa shape index (κ1) is 8.72. The van der Waals surface area contributed by atoms with Crippen LogP contribution in [0.1, 0.15) is 11.6 Å². The number of hydrogen-bond donors (Lipinski definition) is 1. The van der Waals surface area contributed by atoms with Crippen molar-refractivity contribution in [1.82, 2.24) is 5.32 Å². The maximum absolute atomic E-state index is 11.1. The second kappa shape index (κ2) is 2.82. The first-order valence-electron chi connectivity index (χ1n) is 4.11. The van der Waals surface area contributed by atoms with E-state index in [-0.39, 0.29) is 0 Å². The van der Waals surface area contributed by atoms with Crippen molar-refractivity contribution < 1.29 is 8.42 Å². The molecule has 1 atom stereocenters. The lowest BCUT2D eigenvalue weighted by Crippen LogP contribution is -1.96. The van der Waals surface area contributed by atoms with Gasteiger partial charge in [0.1, 0.15) is 0 Å². The van der Waals surface area contributed by atoms with Crippen LogP contribution in [0, 0.1) is 0 Å². The third-order valence-electron chi connectivity index (χ3n) is 2.12. The predicted molar refractivity (Wildman–Crippen MR) is 50.3 cm³/mol. The van der Waals surface area contributed by atoms with E-state index in [0.717, 1.165) is 12.1 Å². The molecule has 1 aliphatic rings. The van der Waals surface area contributed by atoms with Gasteiger partial charge in [0.05, 0.1) is 4.90 Å². The fourth-order valence-corrected chi connectivity index (χ4v) is 1.87. The van der Waals surface area contributed by atoms with Crippen LogP contribution in [-0.2, 0) is 9.84 Å². The molecule has 13 heavy (non-hydrogen) atoms. The highest BCUT2D eigenvalue weighted by Crippen LogP contribution is 2.22. The zero-order valence-corrected chi connectivity index (χ0v) is 8.14. The average molecular weight is 197 g/mol. The minimum atomic E-state index is -3.05. The van der Waals surface area contributed by atoms with Gasteiger partial charge in [0.2, 0.25) is 0 Å². The molecule has 1 fully saturated rings. The van der Waals surface area contributed by atoms with E-state index in [2.05, 4.69) is 5.32 Å². The average Bonchev–Trinajstić information content (AvgIpc) is 2.85. The number of benzene rings is 1. The van der Waals surface area contributed by atoms with E-state index >= 15 is 0 Å². The van der Waals surface area contributed by atoms with E-state index in [0.29, 0.717) is 10.9 Å². The fourth-order valence-electron chi connectivity index (χ4n) is 1.24. The highest BCUT2D eigenvalue weighted by Gasteiger charge is 2.22. The first-order valence-corrected chi connectivity index (χ1v) is 6.00. The van der Waals surface area contributed by atoms with Gasteiger partial charge in [-0.25, -0.2) is 8.42 Å². The van der Waals surface area contributed by atoms with Crippen molar-refractivity contribution in [1.29, 1.82) is 0 Å². The molecule has 0 saturated carbocycles. The second-order valence-electron chi connectivity index (χ2n) is 3.30. The lowest BCUT2D eigenvalue weighted by molar-refractivity contribution is 0.602. The Kier molecular flexibility index (Phi) is 1.89. The van der Waals surface area contributed by atoms with Crippen LogP contribution in [0.25, 0.3) is 0 Å². The van der Waals surface area contributed by atoms with Crippen LogP contribution in [0.5, 0.6) is 0 Å². The number of hydrogen-bond acceptors (Lipinski definition) is 3. The van der Waals surface area contributed by atoms with Crippen molar-refractivity contribution in [3.63, 3.8) is 0 Å². The van der Waals surface area contributed by atoms with E-state index in [1.165, 1.54) is 6.26 Å². The Hall–Kier alpha value is -0.870. The summed E-state index contributed by atoms with van der Waals surface area (Å²) in [6.45, 7) is 0.998. The SMILES string of the molecule is CS(=O)(=O)c1ccc(C2CN2)cc1. The van der Waals surface area contributed by atoms with Crippen LogP contribution < -0.4 is 5.32 Å². The van der Waals surface area contributed by atoms with Crippen LogP contribution in [0.2, 0.25) is 0 Å². The van der Waals surface area contributed by atoms with E-state index < -0.39 is 9.84 Å². The van der Waals surface area contributed by atoms with Crippen LogP contribution in [0.4, 0.5) is 0 Å². The molecule has 1 aromatic carbocycles. The zero-order valence-electron chi connectivity index (χ0n) is 7.32. The molecule has 0 bridgehead atoms. The van der Waals surface area contributed by atoms with E-state index in [1.807, 2.05) is 12.1 Å². The van der Waals surface area contributed by atoms with E-state index in [1.54, 1.807) is 12.1 Å². The normalized spacial score (nSPS) is 21.5. The van der Waals surface area contributed by atoms with Crippen LogP contribution in [0.3, 0.4) is 0 Å². The second-order valence-corrected chi connectivity index (χ2v) is 5.32. The molecule has 4 heteroatoms. The Morgan fingerprint density at radius 1 is 1.31 bits per heavy atom. The molecule has 0 aliphatic carbocycles. The monoisotopic (exact) mass is 197 g/mol. The van der Waals surface area contributed by atoms with Gasteiger partial charge in [0, 0.05) is 18.8 Å². The van der Waals surface area contributed by atoms with Crippen LogP contribution in [0.15, 0.2) is 29.2 Å². The molecular weight excluding hydrogens is 186 g/mol. The maximum Gasteiger partial charge on any atom is 0.175 e. The maximum atomic E-state index is 11.1. The van der Waals surface area contributed by atoms with Gasteiger partial charge in [-0.2, -0.15) is 0 Å². The Bertz CT molecular complexity index is 404. The summed E-state index contributed by atoms with van der Waals surface area (Å²) < 4.78 is 22.2. The van der Waals surface area contributed by atoms with Gasteiger partial charge in [0.15, 0.2) is 9.84 Å². The largest absolute Gasteiger partial charge is 0.307 e. The highest BCUT2D eigenvalue weighted by molar-refractivity contribution is 7.90. The van der Waals surface area contributed by atoms with Gasteiger partial charge >= 0.3 is 0 Å². The summed E-state index contributed by atoms with van der Waals surface area (Å²) in [5, 5.41) is 3.16. The number of nitrogens with one attached hydrogen (secondary N) is 1. The standard InChI is InChI=1S/C9H11NO2S/c1-13(11,12)8-4-2-7(3-5-8)9-6-10-9/h2-5,9-10H,6H2,1H3. The fraction of sp³-hybridized carbons (Fsp3) is 0.333. The summed E-state index contributed by atoms with van der Waals surface area (Å²) in [5.41, 5.74) is 1.16. The molecule has 1 aliphatic heterocycles. The molecule has 3 nitrogen and oxygen atoms in total.